The molecule has 0 aliphatic rings. The Hall–Kier alpha value is -2.27. The third-order valence-corrected chi connectivity index (χ3v) is 4.18. The van der Waals surface area contributed by atoms with Gasteiger partial charge in [-0.3, -0.25) is 0 Å². The van der Waals surface area contributed by atoms with Gasteiger partial charge in [0.05, 0.1) is 12.8 Å². The molecule has 0 aliphatic carbocycles. The molecule has 2 aromatic rings. The highest BCUT2D eigenvalue weighted by molar-refractivity contribution is 5.79. The predicted molar refractivity (Wildman–Crippen MR) is 102 cm³/mol. The van der Waals surface area contributed by atoms with Crippen molar-refractivity contribution in [3.63, 3.8) is 0 Å². The molecule has 0 saturated heterocycles. The van der Waals surface area contributed by atoms with Crippen LogP contribution in [0, 0.1) is 0 Å². The van der Waals surface area contributed by atoms with Gasteiger partial charge in [0.15, 0.2) is 5.96 Å². The van der Waals surface area contributed by atoms with E-state index in [4.69, 9.17) is 4.42 Å². The average Bonchev–Trinajstić information content (AvgIpc) is 3.16. The summed E-state index contributed by atoms with van der Waals surface area (Å²) in [5.74, 6) is 1.70. The van der Waals surface area contributed by atoms with Gasteiger partial charge in [0.25, 0.3) is 0 Å². The predicted octanol–water partition coefficient (Wildman–Crippen LogP) is 3.24. The summed E-state index contributed by atoms with van der Waals surface area (Å²) in [7, 11) is 0. The molecule has 0 spiro atoms. The maximum atomic E-state index is 10.5. The molecular weight excluding hydrogens is 314 g/mol. The number of aliphatic hydroxyl groups is 1. The van der Waals surface area contributed by atoms with Gasteiger partial charge in [-0.2, -0.15) is 0 Å². The van der Waals surface area contributed by atoms with Gasteiger partial charge < -0.3 is 20.2 Å². The Balaban J connectivity index is 1.87. The summed E-state index contributed by atoms with van der Waals surface area (Å²) in [6, 6.07) is 14.0. The minimum absolute atomic E-state index is 0.226. The van der Waals surface area contributed by atoms with Crippen molar-refractivity contribution in [2.24, 2.45) is 4.99 Å². The van der Waals surface area contributed by atoms with E-state index in [2.05, 4.69) is 46.8 Å². The molecule has 136 valence electrons. The first-order valence-electron chi connectivity index (χ1n) is 8.86. The van der Waals surface area contributed by atoms with Crippen LogP contribution >= 0.6 is 0 Å². The topological polar surface area (TPSA) is 69.8 Å². The van der Waals surface area contributed by atoms with Gasteiger partial charge in [-0.05, 0) is 43.9 Å². The first-order valence-corrected chi connectivity index (χ1v) is 8.86. The lowest BCUT2D eigenvalue weighted by atomic mass is 9.98. The van der Waals surface area contributed by atoms with Crippen molar-refractivity contribution in [3.05, 3.63) is 60.1 Å². The number of furan rings is 1. The van der Waals surface area contributed by atoms with E-state index in [1.54, 1.807) is 25.3 Å². The quantitative estimate of drug-likeness (QED) is 0.508. The Labute approximate surface area is 150 Å². The van der Waals surface area contributed by atoms with Crippen LogP contribution < -0.4 is 10.6 Å². The minimum atomic E-state index is -1.12. The third kappa shape index (κ3) is 5.94. The van der Waals surface area contributed by atoms with Gasteiger partial charge in [-0.15, -0.1) is 0 Å². The van der Waals surface area contributed by atoms with Crippen LogP contribution in [0.3, 0.4) is 0 Å². The molecule has 0 saturated carbocycles. The molecule has 1 heterocycles. The lowest BCUT2D eigenvalue weighted by Gasteiger charge is -2.20. The second kappa shape index (κ2) is 9.28. The van der Waals surface area contributed by atoms with Gasteiger partial charge in [0.1, 0.15) is 11.4 Å². The van der Waals surface area contributed by atoms with Crippen molar-refractivity contribution in [1.29, 1.82) is 0 Å². The number of nitrogens with zero attached hydrogens (tertiary/aromatic N) is 1. The van der Waals surface area contributed by atoms with Crippen LogP contribution in [0.2, 0.25) is 0 Å². The lowest BCUT2D eigenvalue weighted by Crippen LogP contribution is -2.39. The number of aliphatic imine (C=N–C) groups is 1. The minimum Gasteiger partial charge on any atom is -0.466 e. The van der Waals surface area contributed by atoms with Crippen LogP contribution in [-0.4, -0.2) is 30.7 Å². The number of hydrogen-bond donors (Lipinski definition) is 3. The van der Waals surface area contributed by atoms with E-state index in [1.807, 2.05) is 13.0 Å². The van der Waals surface area contributed by atoms with E-state index in [0.717, 1.165) is 19.5 Å². The van der Waals surface area contributed by atoms with Crippen LogP contribution in [0.25, 0.3) is 0 Å². The highest BCUT2D eigenvalue weighted by Crippen LogP contribution is 2.21. The van der Waals surface area contributed by atoms with Gasteiger partial charge in [-0.1, -0.05) is 37.3 Å². The standard InChI is InChI=1S/C20H29N3O2/c1-4-21-19(23-15-20(3,24)18-11-8-14-25-18)22-13-12-16(2)17-9-6-5-7-10-17/h5-11,14,16,24H,4,12-13,15H2,1-3H3,(H2,21,22,23). The van der Waals surface area contributed by atoms with Crippen molar-refractivity contribution in [2.45, 2.75) is 38.7 Å². The zero-order valence-corrected chi connectivity index (χ0v) is 15.3. The molecule has 2 rings (SSSR count). The molecule has 2 unspecified atom stereocenters. The summed E-state index contributed by atoms with van der Waals surface area (Å²) in [6.45, 7) is 7.76. The fourth-order valence-electron chi connectivity index (χ4n) is 2.59. The smallest absolute Gasteiger partial charge is 0.191 e. The van der Waals surface area contributed by atoms with Crippen LogP contribution in [0.5, 0.6) is 0 Å². The van der Waals surface area contributed by atoms with E-state index in [9.17, 15) is 5.11 Å². The van der Waals surface area contributed by atoms with Crippen LogP contribution in [0.1, 0.15) is 44.4 Å². The van der Waals surface area contributed by atoms with Gasteiger partial charge >= 0.3 is 0 Å². The Morgan fingerprint density at radius 2 is 1.96 bits per heavy atom. The normalized spacial score (nSPS) is 15.4. The van der Waals surface area contributed by atoms with Gasteiger partial charge in [0, 0.05) is 13.1 Å². The number of nitrogens with one attached hydrogen (secondary N) is 2. The Morgan fingerprint density at radius 3 is 2.60 bits per heavy atom. The molecule has 1 aromatic carbocycles. The number of hydrogen-bond acceptors (Lipinski definition) is 3. The Kier molecular flexibility index (Phi) is 7.07. The van der Waals surface area contributed by atoms with E-state index in [1.165, 1.54) is 5.56 Å². The van der Waals surface area contributed by atoms with Crippen molar-refractivity contribution < 1.29 is 9.52 Å². The number of rotatable bonds is 8. The second-order valence-corrected chi connectivity index (χ2v) is 6.47. The number of guanidine groups is 1. The van der Waals surface area contributed by atoms with Crippen molar-refractivity contribution in [2.75, 3.05) is 19.6 Å². The average molecular weight is 343 g/mol. The molecule has 0 amide bonds. The maximum absolute atomic E-state index is 10.5. The van der Waals surface area contributed by atoms with E-state index >= 15 is 0 Å². The summed E-state index contributed by atoms with van der Waals surface area (Å²) >= 11 is 0. The molecule has 1 aromatic heterocycles. The van der Waals surface area contributed by atoms with Crippen molar-refractivity contribution in [1.82, 2.24) is 10.6 Å². The van der Waals surface area contributed by atoms with Gasteiger partial charge in [0.2, 0.25) is 0 Å². The SMILES string of the molecule is CCNC(=NCC(C)(O)c1ccco1)NCCC(C)c1ccccc1. The summed E-state index contributed by atoms with van der Waals surface area (Å²) in [6.07, 6.45) is 2.56. The molecule has 5 heteroatoms. The van der Waals surface area contributed by atoms with Crippen LogP contribution in [0.15, 0.2) is 58.1 Å². The molecular formula is C20H29N3O2. The van der Waals surface area contributed by atoms with Crippen LogP contribution in [-0.2, 0) is 5.60 Å². The highest BCUT2D eigenvalue weighted by Gasteiger charge is 2.26. The Morgan fingerprint density at radius 1 is 1.20 bits per heavy atom. The first-order chi connectivity index (χ1) is 12.0. The lowest BCUT2D eigenvalue weighted by molar-refractivity contribution is 0.0437. The molecule has 2 atom stereocenters. The summed E-state index contributed by atoms with van der Waals surface area (Å²) in [5.41, 5.74) is 0.218. The fourth-order valence-corrected chi connectivity index (χ4v) is 2.59. The molecule has 0 radical (unpaired) electrons. The monoisotopic (exact) mass is 343 g/mol. The molecule has 5 nitrogen and oxygen atoms in total. The van der Waals surface area contributed by atoms with Crippen LogP contribution in [0.4, 0.5) is 0 Å². The largest absolute Gasteiger partial charge is 0.466 e. The van der Waals surface area contributed by atoms with E-state index in [0.29, 0.717) is 17.6 Å². The fraction of sp³-hybridized carbons (Fsp3) is 0.450. The molecule has 0 fully saturated rings. The van der Waals surface area contributed by atoms with Crippen molar-refractivity contribution in [3.8, 4) is 0 Å². The second-order valence-electron chi connectivity index (χ2n) is 6.47. The molecule has 0 bridgehead atoms. The van der Waals surface area contributed by atoms with Crippen molar-refractivity contribution >= 4 is 5.96 Å². The van der Waals surface area contributed by atoms with E-state index < -0.39 is 5.60 Å². The molecule has 3 N–H and O–H groups in total. The number of benzene rings is 1. The highest BCUT2D eigenvalue weighted by atomic mass is 16.4. The summed E-state index contributed by atoms with van der Waals surface area (Å²) < 4.78 is 5.29. The summed E-state index contributed by atoms with van der Waals surface area (Å²) in [5, 5.41) is 17.0. The molecule has 0 aliphatic heterocycles. The maximum Gasteiger partial charge on any atom is 0.191 e. The third-order valence-electron chi connectivity index (χ3n) is 4.18. The first kappa shape index (κ1) is 19.1. The summed E-state index contributed by atoms with van der Waals surface area (Å²) in [4.78, 5) is 4.50. The zero-order chi connectivity index (χ0) is 18.1. The zero-order valence-electron chi connectivity index (χ0n) is 15.3. The van der Waals surface area contributed by atoms with Gasteiger partial charge in [-0.25, -0.2) is 4.99 Å². The Bertz CT molecular complexity index is 636. The van der Waals surface area contributed by atoms with E-state index in [-0.39, 0.29) is 6.54 Å². The molecule has 25 heavy (non-hydrogen) atoms.